The van der Waals surface area contributed by atoms with Crippen molar-refractivity contribution in [2.45, 2.75) is 25.4 Å². The maximum Gasteiger partial charge on any atom is 0.119 e. The van der Waals surface area contributed by atoms with E-state index in [1.807, 2.05) is 6.07 Å². The Hall–Kier alpha value is -2.00. The molecule has 1 unspecified atom stereocenters. The Balaban J connectivity index is 1.66. The molecule has 1 aliphatic carbocycles. The summed E-state index contributed by atoms with van der Waals surface area (Å²) >= 11 is 0. The number of hydrogen-bond acceptors (Lipinski definition) is 3. The maximum absolute atomic E-state index is 9.88. The van der Waals surface area contributed by atoms with Crippen LogP contribution in [0, 0.1) is 0 Å². The number of nitrogens with zero attached hydrogens (tertiary/aromatic N) is 1. The first-order chi connectivity index (χ1) is 10.1. The summed E-state index contributed by atoms with van der Waals surface area (Å²) < 4.78 is 0. The van der Waals surface area contributed by atoms with Crippen molar-refractivity contribution < 1.29 is 5.11 Å². The third kappa shape index (κ3) is 2.88. The van der Waals surface area contributed by atoms with Crippen LogP contribution in [0.2, 0.25) is 0 Å². The summed E-state index contributed by atoms with van der Waals surface area (Å²) in [4.78, 5) is 2.10. The zero-order valence-electron chi connectivity index (χ0n) is 12.6. The highest BCUT2D eigenvalue weighted by Gasteiger charge is 2.23. The smallest absolute Gasteiger partial charge is 0.119 e. The molecule has 0 heterocycles. The minimum Gasteiger partial charge on any atom is -0.508 e. The Labute approximate surface area is 126 Å². The van der Waals surface area contributed by atoms with Crippen LogP contribution in [-0.4, -0.2) is 19.2 Å². The van der Waals surface area contributed by atoms with Crippen molar-refractivity contribution in [1.82, 2.24) is 5.32 Å². The van der Waals surface area contributed by atoms with Gasteiger partial charge in [0, 0.05) is 32.4 Å². The number of rotatable bonds is 4. The number of nitrogens with one attached hydrogen (secondary N) is 1. The van der Waals surface area contributed by atoms with Gasteiger partial charge in [0.05, 0.1) is 0 Å². The summed E-state index contributed by atoms with van der Waals surface area (Å²) in [5.74, 6) is 0.437. The molecule has 0 bridgehead atoms. The summed E-state index contributed by atoms with van der Waals surface area (Å²) in [6.45, 7) is 0.855. The molecule has 0 saturated heterocycles. The number of phenolic OH excluding ortho intramolecular Hbond substituents is 1. The molecule has 3 rings (SSSR count). The van der Waals surface area contributed by atoms with E-state index in [2.05, 4.69) is 54.6 Å². The molecule has 0 amide bonds. The molecule has 0 aliphatic heterocycles. The van der Waals surface area contributed by atoms with Crippen molar-refractivity contribution in [1.29, 1.82) is 0 Å². The number of benzene rings is 2. The van der Waals surface area contributed by atoms with Gasteiger partial charge in [0.1, 0.15) is 5.75 Å². The third-order valence-electron chi connectivity index (χ3n) is 4.25. The van der Waals surface area contributed by atoms with Crippen LogP contribution in [0.25, 0.3) is 0 Å². The molecule has 3 nitrogen and oxygen atoms in total. The van der Waals surface area contributed by atoms with E-state index in [-0.39, 0.29) is 0 Å². The van der Waals surface area contributed by atoms with Crippen molar-refractivity contribution in [3.63, 3.8) is 0 Å². The van der Waals surface area contributed by atoms with Gasteiger partial charge < -0.3 is 15.3 Å². The average Bonchev–Trinajstić information content (AvgIpc) is 2.90. The Kier molecular flexibility index (Phi) is 3.84. The zero-order valence-corrected chi connectivity index (χ0v) is 12.6. The zero-order chi connectivity index (χ0) is 14.8. The predicted molar refractivity (Wildman–Crippen MR) is 86.8 cm³/mol. The molecule has 3 heteroatoms. The van der Waals surface area contributed by atoms with Crippen LogP contribution >= 0.6 is 0 Å². The minimum atomic E-state index is 0.348. The van der Waals surface area contributed by atoms with Crippen LogP contribution < -0.4 is 10.2 Å². The second-order valence-corrected chi connectivity index (χ2v) is 5.88. The molecule has 0 aromatic heterocycles. The Bertz CT molecular complexity index is 620. The van der Waals surface area contributed by atoms with Gasteiger partial charge in [-0.15, -0.1) is 0 Å². The lowest BCUT2D eigenvalue weighted by atomic mass is 10.1. The summed E-state index contributed by atoms with van der Waals surface area (Å²) in [5, 5.41) is 13.5. The standard InChI is InChI=1S/C18H22N2O/c1-20(2)14-8-6-13(7-9-14)12-19-17-11-10-16-15(17)4-3-5-18(16)21/h3-9,17,19,21H,10-12H2,1-2H3. The van der Waals surface area contributed by atoms with Crippen LogP contribution in [0.1, 0.15) is 29.2 Å². The van der Waals surface area contributed by atoms with Crippen LogP contribution in [0.15, 0.2) is 42.5 Å². The molecule has 1 aliphatic rings. The highest BCUT2D eigenvalue weighted by molar-refractivity contribution is 5.46. The molecular weight excluding hydrogens is 260 g/mol. The second-order valence-electron chi connectivity index (χ2n) is 5.88. The lowest BCUT2D eigenvalue weighted by molar-refractivity contribution is 0.469. The van der Waals surface area contributed by atoms with Gasteiger partial charge in [0.25, 0.3) is 0 Å². The van der Waals surface area contributed by atoms with Gasteiger partial charge in [-0.2, -0.15) is 0 Å². The number of anilines is 1. The van der Waals surface area contributed by atoms with Gasteiger partial charge >= 0.3 is 0 Å². The summed E-state index contributed by atoms with van der Waals surface area (Å²) in [6.07, 6.45) is 2.02. The van der Waals surface area contributed by atoms with E-state index < -0.39 is 0 Å². The fourth-order valence-electron chi connectivity index (χ4n) is 3.00. The predicted octanol–water partition coefficient (Wildman–Crippen LogP) is 3.24. The minimum absolute atomic E-state index is 0.348. The van der Waals surface area contributed by atoms with Crippen molar-refractivity contribution >= 4 is 5.69 Å². The molecular formula is C18H22N2O. The molecule has 21 heavy (non-hydrogen) atoms. The highest BCUT2D eigenvalue weighted by Crippen LogP contribution is 2.36. The normalized spacial score (nSPS) is 16.8. The summed E-state index contributed by atoms with van der Waals surface area (Å²) in [6, 6.07) is 14.8. The largest absolute Gasteiger partial charge is 0.508 e. The van der Waals surface area contributed by atoms with E-state index >= 15 is 0 Å². The number of aromatic hydroxyl groups is 1. The fraction of sp³-hybridized carbons (Fsp3) is 0.333. The van der Waals surface area contributed by atoms with Crippen LogP contribution in [0.5, 0.6) is 5.75 Å². The topological polar surface area (TPSA) is 35.5 Å². The number of phenols is 1. The molecule has 1 atom stereocenters. The molecule has 110 valence electrons. The lowest BCUT2D eigenvalue weighted by Crippen LogP contribution is -2.18. The first-order valence-electron chi connectivity index (χ1n) is 7.45. The van der Waals surface area contributed by atoms with Crippen molar-refractivity contribution in [2.75, 3.05) is 19.0 Å². The van der Waals surface area contributed by atoms with Gasteiger partial charge in [0.2, 0.25) is 0 Å². The Morgan fingerprint density at radius 1 is 1.14 bits per heavy atom. The SMILES string of the molecule is CN(C)c1ccc(CNC2CCc3c(O)cccc32)cc1. The van der Waals surface area contributed by atoms with Crippen molar-refractivity contribution in [2.24, 2.45) is 0 Å². The van der Waals surface area contributed by atoms with Gasteiger partial charge in [-0.05, 0) is 47.7 Å². The Morgan fingerprint density at radius 2 is 1.90 bits per heavy atom. The van der Waals surface area contributed by atoms with E-state index in [1.54, 1.807) is 6.07 Å². The molecule has 0 radical (unpaired) electrons. The van der Waals surface area contributed by atoms with E-state index in [1.165, 1.54) is 16.8 Å². The second kappa shape index (κ2) is 5.78. The molecule has 2 N–H and O–H groups in total. The van der Waals surface area contributed by atoms with Crippen molar-refractivity contribution in [3.8, 4) is 5.75 Å². The average molecular weight is 282 g/mol. The number of hydrogen-bond donors (Lipinski definition) is 2. The lowest BCUT2D eigenvalue weighted by Gasteiger charge is -2.16. The van der Waals surface area contributed by atoms with Crippen LogP contribution in [0.4, 0.5) is 5.69 Å². The molecule has 2 aromatic carbocycles. The molecule has 0 fully saturated rings. The van der Waals surface area contributed by atoms with E-state index in [9.17, 15) is 5.11 Å². The first kappa shape index (κ1) is 14.0. The Morgan fingerprint density at radius 3 is 2.62 bits per heavy atom. The quantitative estimate of drug-likeness (QED) is 0.903. The van der Waals surface area contributed by atoms with E-state index in [4.69, 9.17) is 0 Å². The highest BCUT2D eigenvalue weighted by atomic mass is 16.3. The third-order valence-corrected chi connectivity index (χ3v) is 4.25. The first-order valence-corrected chi connectivity index (χ1v) is 7.45. The molecule has 0 saturated carbocycles. The molecule has 0 spiro atoms. The molecule has 2 aromatic rings. The number of fused-ring (bicyclic) bond motifs is 1. The fourth-order valence-corrected chi connectivity index (χ4v) is 3.00. The summed E-state index contributed by atoms with van der Waals surface area (Å²) in [7, 11) is 4.10. The monoisotopic (exact) mass is 282 g/mol. The van der Waals surface area contributed by atoms with E-state index in [0.717, 1.165) is 24.9 Å². The van der Waals surface area contributed by atoms with Crippen LogP contribution in [-0.2, 0) is 13.0 Å². The van der Waals surface area contributed by atoms with Gasteiger partial charge in [-0.3, -0.25) is 0 Å². The van der Waals surface area contributed by atoms with Crippen molar-refractivity contribution in [3.05, 3.63) is 59.2 Å². The van der Waals surface area contributed by atoms with Gasteiger partial charge in [0.15, 0.2) is 0 Å². The summed E-state index contributed by atoms with van der Waals surface area (Å²) in [5.41, 5.74) is 4.86. The maximum atomic E-state index is 9.88. The van der Waals surface area contributed by atoms with E-state index in [0.29, 0.717) is 11.8 Å². The van der Waals surface area contributed by atoms with Gasteiger partial charge in [-0.1, -0.05) is 24.3 Å². The van der Waals surface area contributed by atoms with Crippen LogP contribution in [0.3, 0.4) is 0 Å². The van der Waals surface area contributed by atoms with Gasteiger partial charge in [-0.25, -0.2) is 0 Å².